The second kappa shape index (κ2) is 9.27. The highest BCUT2D eigenvalue weighted by molar-refractivity contribution is 14.0. The van der Waals surface area contributed by atoms with Crippen molar-refractivity contribution >= 4 is 29.9 Å². The lowest BCUT2D eigenvalue weighted by molar-refractivity contribution is 0.134. The predicted octanol–water partition coefficient (Wildman–Crippen LogP) is 1.66. The summed E-state index contributed by atoms with van der Waals surface area (Å²) in [6.07, 6.45) is 3.06. The highest BCUT2D eigenvalue weighted by atomic mass is 127. The Morgan fingerprint density at radius 1 is 1.32 bits per heavy atom. The van der Waals surface area contributed by atoms with E-state index in [1.165, 1.54) is 0 Å². The van der Waals surface area contributed by atoms with Crippen molar-refractivity contribution in [3.8, 4) is 0 Å². The maximum Gasteiger partial charge on any atom is 0.191 e. The molecule has 0 aromatic heterocycles. The van der Waals surface area contributed by atoms with E-state index in [0.29, 0.717) is 23.9 Å². The third-order valence-corrected chi connectivity index (χ3v) is 5.07. The number of hydrogen-bond acceptors (Lipinski definition) is 3. The molecule has 0 bridgehead atoms. The average Bonchev–Trinajstić information content (AvgIpc) is 3.01. The zero-order valence-electron chi connectivity index (χ0n) is 14.4. The first-order chi connectivity index (χ1) is 10.0. The van der Waals surface area contributed by atoms with E-state index in [1.54, 1.807) is 0 Å². The third-order valence-electron chi connectivity index (χ3n) is 5.07. The molecule has 2 aliphatic rings. The fourth-order valence-electron chi connectivity index (χ4n) is 3.47. The highest BCUT2D eigenvalue weighted by Gasteiger charge is 2.31. The minimum Gasteiger partial charge on any atom is -0.393 e. The SMILES string of the molecule is CN=C(NCC1CCCC1O)NC1CN(C(C)C)CC1C.I. The van der Waals surface area contributed by atoms with E-state index >= 15 is 0 Å². The van der Waals surface area contributed by atoms with Crippen LogP contribution < -0.4 is 10.6 Å². The molecular formula is C16H33IN4O. The molecule has 0 aromatic carbocycles. The summed E-state index contributed by atoms with van der Waals surface area (Å²) in [5, 5.41) is 16.8. The second-order valence-electron chi connectivity index (χ2n) is 6.99. The number of likely N-dealkylation sites (tertiary alicyclic amines) is 1. The first-order valence-corrected chi connectivity index (χ1v) is 8.40. The minimum atomic E-state index is -0.141. The third kappa shape index (κ3) is 5.23. The Bertz CT molecular complexity index is 364. The summed E-state index contributed by atoms with van der Waals surface area (Å²) in [5.41, 5.74) is 0. The maximum absolute atomic E-state index is 9.89. The summed E-state index contributed by atoms with van der Waals surface area (Å²) in [6.45, 7) is 9.84. The fourth-order valence-corrected chi connectivity index (χ4v) is 3.47. The molecule has 1 saturated heterocycles. The monoisotopic (exact) mass is 424 g/mol. The Kier molecular flexibility index (Phi) is 8.42. The molecule has 0 amide bonds. The van der Waals surface area contributed by atoms with Gasteiger partial charge in [-0.05, 0) is 32.6 Å². The summed E-state index contributed by atoms with van der Waals surface area (Å²) in [7, 11) is 1.82. The zero-order valence-corrected chi connectivity index (χ0v) is 16.7. The van der Waals surface area contributed by atoms with Crippen LogP contribution in [-0.2, 0) is 0 Å². The van der Waals surface area contributed by atoms with Crippen molar-refractivity contribution in [1.82, 2.24) is 15.5 Å². The number of rotatable bonds is 4. The van der Waals surface area contributed by atoms with Crippen LogP contribution in [0.3, 0.4) is 0 Å². The molecule has 4 atom stereocenters. The van der Waals surface area contributed by atoms with Crippen LogP contribution in [0.25, 0.3) is 0 Å². The van der Waals surface area contributed by atoms with Gasteiger partial charge in [0.15, 0.2) is 5.96 Å². The number of nitrogens with zero attached hydrogens (tertiary/aromatic N) is 2. The van der Waals surface area contributed by atoms with E-state index in [0.717, 1.165) is 44.9 Å². The van der Waals surface area contributed by atoms with E-state index in [4.69, 9.17) is 0 Å². The largest absolute Gasteiger partial charge is 0.393 e. The molecule has 6 heteroatoms. The number of halogens is 1. The van der Waals surface area contributed by atoms with Gasteiger partial charge in [-0.25, -0.2) is 0 Å². The van der Waals surface area contributed by atoms with Crippen molar-refractivity contribution in [2.75, 3.05) is 26.7 Å². The number of aliphatic hydroxyl groups is 1. The normalized spacial score (nSPS) is 33.1. The van der Waals surface area contributed by atoms with Crippen LogP contribution in [0.5, 0.6) is 0 Å². The molecule has 3 N–H and O–H groups in total. The Labute approximate surface area is 152 Å². The van der Waals surface area contributed by atoms with Gasteiger partial charge >= 0.3 is 0 Å². The van der Waals surface area contributed by atoms with E-state index in [1.807, 2.05) is 7.05 Å². The number of aliphatic hydroxyl groups excluding tert-OH is 1. The van der Waals surface area contributed by atoms with Crippen LogP contribution in [0.1, 0.15) is 40.0 Å². The summed E-state index contributed by atoms with van der Waals surface area (Å²) >= 11 is 0. The van der Waals surface area contributed by atoms with Crippen LogP contribution in [0.4, 0.5) is 0 Å². The van der Waals surface area contributed by atoms with Crippen molar-refractivity contribution in [3.63, 3.8) is 0 Å². The summed E-state index contributed by atoms with van der Waals surface area (Å²) in [6, 6.07) is 1.05. The van der Waals surface area contributed by atoms with Gasteiger partial charge in [0.05, 0.1) is 6.10 Å². The van der Waals surface area contributed by atoms with Crippen LogP contribution in [0.15, 0.2) is 4.99 Å². The van der Waals surface area contributed by atoms with Gasteiger partial charge in [-0.2, -0.15) is 0 Å². The molecule has 1 saturated carbocycles. The molecule has 0 radical (unpaired) electrons. The Hall–Kier alpha value is -0.0800. The molecule has 1 heterocycles. The molecule has 2 rings (SSSR count). The highest BCUT2D eigenvalue weighted by Crippen LogP contribution is 2.24. The lowest BCUT2D eigenvalue weighted by atomic mass is 10.1. The van der Waals surface area contributed by atoms with Gasteiger partial charge in [-0.3, -0.25) is 9.89 Å². The molecule has 2 fully saturated rings. The molecule has 130 valence electrons. The van der Waals surface area contributed by atoms with E-state index in [-0.39, 0.29) is 30.1 Å². The fraction of sp³-hybridized carbons (Fsp3) is 0.938. The zero-order chi connectivity index (χ0) is 15.4. The first kappa shape index (κ1) is 20.0. The van der Waals surface area contributed by atoms with Gasteiger partial charge in [-0.15, -0.1) is 24.0 Å². The van der Waals surface area contributed by atoms with Gasteiger partial charge < -0.3 is 15.7 Å². The van der Waals surface area contributed by atoms with E-state index < -0.39 is 0 Å². The van der Waals surface area contributed by atoms with Gasteiger partial charge in [0, 0.05) is 44.7 Å². The molecule has 0 spiro atoms. The molecule has 0 aromatic rings. The topological polar surface area (TPSA) is 59.9 Å². The second-order valence-corrected chi connectivity index (χ2v) is 6.99. The van der Waals surface area contributed by atoms with Crippen LogP contribution in [0, 0.1) is 11.8 Å². The van der Waals surface area contributed by atoms with Gasteiger partial charge in [0.2, 0.25) is 0 Å². The number of hydrogen-bond donors (Lipinski definition) is 3. The Morgan fingerprint density at radius 2 is 2.05 bits per heavy atom. The van der Waals surface area contributed by atoms with E-state index in [9.17, 15) is 5.11 Å². The Morgan fingerprint density at radius 3 is 2.55 bits per heavy atom. The predicted molar refractivity (Wildman–Crippen MR) is 103 cm³/mol. The molecule has 1 aliphatic carbocycles. The molecule has 4 unspecified atom stereocenters. The first-order valence-electron chi connectivity index (χ1n) is 8.40. The van der Waals surface area contributed by atoms with Crippen LogP contribution >= 0.6 is 24.0 Å². The number of nitrogens with one attached hydrogen (secondary N) is 2. The molecule has 22 heavy (non-hydrogen) atoms. The molecular weight excluding hydrogens is 391 g/mol. The summed E-state index contributed by atoms with van der Waals surface area (Å²) in [4.78, 5) is 6.85. The summed E-state index contributed by atoms with van der Waals surface area (Å²) < 4.78 is 0. The van der Waals surface area contributed by atoms with Gasteiger partial charge in [0.25, 0.3) is 0 Å². The van der Waals surface area contributed by atoms with Gasteiger partial charge in [-0.1, -0.05) is 13.3 Å². The summed E-state index contributed by atoms with van der Waals surface area (Å²) in [5.74, 6) is 1.87. The van der Waals surface area contributed by atoms with Crippen molar-refractivity contribution in [2.24, 2.45) is 16.8 Å². The maximum atomic E-state index is 9.89. The average molecular weight is 424 g/mol. The lowest BCUT2D eigenvalue weighted by Gasteiger charge is -2.23. The number of guanidine groups is 1. The van der Waals surface area contributed by atoms with E-state index in [2.05, 4.69) is 41.3 Å². The molecule has 1 aliphatic heterocycles. The van der Waals surface area contributed by atoms with Gasteiger partial charge in [0.1, 0.15) is 0 Å². The van der Waals surface area contributed by atoms with Crippen molar-refractivity contribution in [1.29, 1.82) is 0 Å². The van der Waals surface area contributed by atoms with Crippen LogP contribution in [-0.4, -0.2) is 60.8 Å². The quantitative estimate of drug-likeness (QED) is 0.365. The Balaban J connectivity index is 0.00000242. The number of aliphatic imine (C=N–C) groups is 1. The van der Waals surface area contributed by atoms with Crippen molar-refractivity contribution < 1.29 is 5.11 Å². The van der Waals surface area contributed by atoms with Crippen molar-refractivity contribution in [3.05, 3.63) is 0 Å². The lowest BCUT2D eigenvalue weighted by Crippen LogP contribution is -2.48. The smallest absolute Gasteiger partial charge is 0.191 e. The standard InChI is InChI=1S/C16H32N4O.HI/c1-11(2)20-9-12(3)14(10-20)19-16(17-4)18-8-13-6-5-7-15(13)21;/h11-15,21H,5-10H2,1-4H3,(H2,17,18,19);1H. The van der Waals surface area contributed by atoms with Crippen LogP contribution in [0.2, 0.25) is 0 Å². The minimum absolute atomic E-state index is 0. The molecule has 5 nitrogen and oxygen atoms in total. The van der Waals surface area contributed by atoms with Crippen molar-refractivity contribution in [2.45, 2.75) is 58.2 Å².